The molecular formula is C16H27NO2S. The van der Waals surface area contributed by atoms with Crippen LogP contribution >= 0.6 is 0 Å². The van der Waals surface area contributed by atoms with Gasteiger partial charge in [-0.3, -0.25) is 0 Å². The maximum Gasteiger partial charge on any atom is 0.178 e. The summed E-state index contributed by atoms with van der Waals surface area (Å²) in [5.41, 5.74) is 7.01. The summed E-state index contributed by atoms with van der Waals surface area (Å²) in [6, 6.07) is 5.00. The zero-order valence-corrected chi connectivity index (χ0v) is 13.5. The number of rotatable bonds is 9. The minimum absolute atomic E-state index is 0.242. The Morgan fingerprint density at radius 1 is 1.00 bits per heavy atom. The molecule has 0 aromatic heterocycles. The summed E-state index contributed by atoms with van der Waals surface area (Å²) in [7, 11) is -3.16. The molecule has 1 aromatic carbocycles. The normalized spacial score (nSPS) is 11.7. The first-order valence-corrected chi connectivity index (χ1v) is 9.21. The molecule has 0 heterocycles. The maximum absolute atomic E-state index is 12.3. The van der Waals surface area contributed by atoms with E-state index in [0.29, 0.717) is 10.6 Å². The molecule has 0 atom stereocenters. The van der Waals surface area contributed by atoms with Crippen LogP contribution in [-0.2, 0) is 9.84 Å². The van der Waals surface area contributed by atoms with Crippen molar-refractivity contribution in [3.8, 4) is 0 Å². The molecule has 0 aliphatic heterocycles. The molecule has 0 radical (unpaired) electrons. The average Bonchev–Trinajstić information content (AvgIpc) is 2.37. The van der Waals surface area contributed by atoms with Gasteiger partial charge in [0.2, 0.25) is 0 Å². The van der Waals surface area contributed by atoms with E-state index >= 15 is 0 Å². The molecule has 0 saturated heterocycles. The highest BCUT2D eigenvalue weighted by Crippen LogP contribution is 2.20. The second kappa shape index (κ2) is 8.30. The fraction of sp³-hybridized carbons (Fsp3) is 0.625. The standard InChI is InChI=1S/C16H27NO2S/c1-3-4-5-6-7-8-9-12-20(18,19)16-11-10-15(17)13-14(16)2/h10-11,13H,3-9,12,17H2,1-2H3. The van der Waals surface area contributed by atoms with E-state index in [1.165, 1.54) is 25.7 Å². The monoisotopic (exact) mass is 297 g/mol. The molecule has 4 heteroatoms. The molecule has 1 aromatic rings. The third-order valence-electron chi connectivity index (χ3n) is 3.55. The number of nitrogens with two attached hydrogens (primary N) is 1. The number of hydrogen-bond donors (Lipinski definition) is 1. The molecule has 20 heavy (non-hydrogen) atoms. The number of sulfone groups is 1. The predicted molar refractivity (Wildman–Crippen MR) is 85.6 cm³/mol. The van der Waals surface area contributed by atoms with Crippen LogP contribution < -0.4 is 5.73 Å². The first-order valence-electron chi connectivity index (χ1n) is 7.56. The van der Waals surface area contributed by atoms with Crippen molar-refractivity contribution in [2.24, 2.45) is 0 Å². The van der Waals surface area contributed by atoms with E-state index in [9.17, 15) is 8.42 Å². The van der Waals surface area contributed by atoms with Gasteiger partial charge in [0.15, 0.2) is 9.84 Å². The number of unbranched alkanes of at least 4 members (excludes halogenated alkanes) is 6. The molecule has 0 saturated carbocycles. The van der Waals surface area contributed by atoms with Crippen LogP contribution in [0.5, 0.6) is 0 Å². The molecule has 0 spiro atoms. The molecule has 1 rings (SSSR count). The van der Waals surface area contributed by atoms with Gasteiger partial charge in [-0.05, 0) is 37.1 Å². The summed E-state index contributed by atoms with van der Waals surface area (Å²) < 4.78 is 24.5. The Bertz CT molecular complexity index is 509. The van der Waals surface area contributed by atoms with Gasteiger partial charge in [0.05, 0.1) is 10.6 Å². The minimum Gasteiger partial charge on any atom is -0.399 e. The predicted octanol–water partition coefficient (Wildman–Crippen LogP) is 4.10. The molecule has 0 amide bonds. The fourth-order valence-corrected chi connectivity index (χ4v) is 4.01. The van der Waals surface area contributed by atoms with E-state index in [-0.39, 0.29) is 5.75 Å². The van der Waals surface area contributed by atoms with Crippen LogP contribution in [0.15, 0.2) is 23.1 Å². The SMILES string of the molecule is CCCCCCCCCS(=O)(=O)c1ccc(N)cc1C. The van der Waals surface area contributed by atoms with Gasteiger partial charge in [0, 0.05) is 5.69 Å². The first-order chi connectivity index (χ1) is 9.47. The van der Waals surface area contributed by atoms with Crippen molar-refractivity contribution >= 4 is 15.5 Å². The maximum atomic E-state index is 12.3. The van der Waals surface area contributed by atoms with Gasteiger partial charge in [-0.15, -0.1) is 0 Å². The number of hydrogen-bond acceptors (Lipinski definition) is 3. The Morgan fingerprint density at radius 3 is 2.20 bits per heavy atom. The van der Waals surface area contributed by atoms with Crippen molar-refractivity contribution < 1.29 is 8.42 Å². The van der Waals surface area contributed by atoms with Gasteiger partial charge in [-0.25, -0.2) is 8.42 Å². The number of benzene rings is 1. The molecular weight excluding hydrogens is 270 g/mol. The van der Waals surface area contributed by atoms with Gasteiger partial charge in [0.1, 0.15) is 0 Å². The van der Waals surface area contributed by atoms with Crippen molar-refractivity contribution in [2.45, 2.75) is 63.7 Å². The number of nitrogen functional groups attached to an aromatic ring is 1. The third-order valence-corrected chi connectivity index (χ3v) is 5.50. The van der Waals surface area contributed by atoms with E-state index in [0.717, 1.165) is 24.8 Å². The molecule has 0 fully saturated rings. The van der Waals surface area contributed by atoms with Crippen LogP contribution in [0, 0.1) is 6.92 Å². The smallest absolute Gasteiger partial charge is 0.178 e. The Kier molecular flexibility index (Phi) is 7.06. The molecule has 0 aliphatic rings. The number of aryl methyl sites for hydroxylation is 1. The van der Waals surface area contributed by atoms with Gasteiger partial charge in [-0.2, -0.15) is 0 Å². The summed E-state index contributed by atoms with van der Waals surface area (Å²) >= 11 is 0. The lowest BCUT2D eigenvalue weighted by molar-refractivity contribution is 0.578. The van der Waals surface area contributed by atoms with Crippen LogP contribution in [0.25, 0.3) is 0 Å². The van der Waals surface area contributed by atoms with Gasteiger partial charge in [-0.1, -0.05) is 45.4 Å². The average molecular weight is 297 g/mol. The highest BCUT2D eigenvalue weighted by Gasteiger charge is 2.16. The van der Waals surface area contributed by atoms with Crippen molar-refractivity contribution in [1.82, 2.24) is 0 Å². The third kappa shape index (κ3) is 5.53. The largest absolute Gasteiger partial charge is 0.399 e. The highest BCUT2D eigenvalue weighted by atomic mass is 32.2. The lowest BCUT2D eigenvalue weighted by Gasteiger charge is -2.08. The molecule has 0 unspecified atom stereocenters. The molecule has 3 nitrogen and oxygen atoms in total. The minimum atomic E-state index is -3.16. The van der Waals surface area contributed by atoms with Crippen molar-refractivity contribution in [3.05, 3.63) is 23.8 Å². The van der Waals surface area contributed by atoms with Crippen molar-refractivity contribution in [3.63, 3.8) is 0 Å². The fourth-order valence-electron chi connectivity index (χ4n) is 2.38. The zero-order valence-electron chi connectivity index (χ0n) is 12.7. The van der Waals surface area contributed by atoms with Crippen LogP contribution in [-0.4, -0.2) is 14.2 Å². The van der Waals surface area contributed by atoms with Crippen LogP contribution in [0.2, 0.25) is 0 Å². The molecule has 114 valence electrons. The first kappa shape index (κ1) is 17.0. The van der Waals surface area contributed by atoms with Gasteiger partial charge >= 0.3 is 0 Å². The summed E-state index contributed by atoms with van der Waals surface area (Å²) in [5, 5.41) is 0. The summed E-state index contributed by atoms with van der Waals surface area (Å²) in [5.74, 6) is 0.242. The summed E-state index contributed by atoms with van der Waals surface area (Å²) in [6.45, 7) is 4.00. The second-order valence-electron chi connectivity index (χ2n) is 5.47. The van der Waals surface area contributed by atoms with E-state index in [1.54, 1.807) is 25.1 Å². The van der Waals surface area contributed by atoms with E-state index < -0.39 is 9.84 Å². The molecule has 0 aliphatic carbocycles. The lowest BCUT2D eigenvalue weighted by atomic mass is 10.1. The second-order valence-corrected chi connectivity index (χ2v) is 7.54. The Morgan fingerprint density at radius 2 is 1.60 bits per heavy atom. The quantitative estimate of drug-likeness (QED) is 0.551. The molecule has 2 N–H and O–H groups in total. The van der Waals surface area contributed by atoms with Crippen LogP contribution in [0.4, 0.5) is 5.69 Å². The van der Waals surface area contributed by atoms with Crippen molar-refractivity contribution in [2.75, 3.05) is 11.5 Å². The number of anilines is 1. The van der Waals surface area contributed by atoms with Crippen LogP contribution in [0.3, 0.4) is 0 Å². The summed E-state index contributed by atoms with van der Waals surface area (Å²) in [4.78, 5) is 0.428. The van der Waals surface area contributed by atoms with Crippen molar-refractivity contribution in [1.29, 1.82) is 0 Å². The Balaban J connectivity index is 2.42. The van der Waals surface area contributed by atoms with Gasteiger partial charge < -0.3 is 5.73 Å². The Hall–Kier alpha value is -1.03. The lowest BCUT2D eigenvalue weighted by Crippen LogP contribution is -2.09. The topological polar surface area (TPSA) is 60.2 Å². The van der Waals surface area contributed by atoms with Gasteiger partial charge in [0.25, 0.3) is 0 Å². The van der Waals surface area contributed by atoms with E-state index in [2.05, 4.69) is 6.92 Å². The molecule has 0 bridgehead atoms. The Labute approximate surface area is 123 Å². The van der Waals surface area contributed by atoms with E-state index in [4.69, 9.17) is 5.73 Å². The summed E-state index contributed by atoms with van der Waals surface area (Å²) in [6.07, 6.45) is 7.88. The van der Waals surface area contributed by atoms with E-state index in [1.807, 2.05) is 0 Å². The van der Waals surface area contributed by atoms with Crippen LogP contribution in [0.1, 0.15) is 57.4 Å². The highest BCUT2D eigenvalue weighted by molar-refractivity contribution is 7.91. The zero-order chi connectivity index (χ0) is 15.0.